The number of methoxy groups -OCH3 is 1. The van der Waals surface area contributed by atoms with Gasteiger partial charge < -0.3 is 15.4 Å². The van der Waals surface area contributed by atoms with Crippen LogP contribution in [-0.4, -0.2) is 31.4 Å². The van der Waals surface area contributed by atoms with E-state index in [1.54, 1.807) is 12.1 Å². The maximum Gasteiger partial charge on any atom is 0.311 e. The molecular formula is C22H23N3O4. The maximum absolute atomic E-state index is 12.9. The zero-order chi connectivity index (χ0) is 21.0. The van der Waals surface area contributed by atoms with Crippen molar-refractivity contribution in [3.05, 3.63) is 65.4 Å². The predicted octanol–water partition coefficient (Wildman–Crippen LogP) is 3.15. The number of hydrogen-bond donors (Lipinski definition) is 2. The third-order valence-electron chi connectivity index (χ3n) is 4.68. The number of para-hydroxylation sites is 1. The van der Waals surface area contributed by atoms with Gasteiger partial charge in [-0.3, -0.25) is 19.3 Å². The fraction of sp³-hybridized carbons (Fsp3) is 0.227. The summed E-state index contributed by atoms with van der Waals surface area (Å²) in [5.74, 6) is -1.17. The second kappa shape index (κ2) is 8.60. The molecule has 7 heteroatoms. The van der Waals surface area contributed by atoms with Crippen molar-refractivity contribution in [3.63, 3.8) is 0 Å². The average molecular weight is 393 g/mol. The number of anilines is 3. The lowest BCUT2D eigenvalue weighted by Gasteiger charge is -2.23. The first-order valence-corrected chi connectivity index (χ1v) is 9.19. The van der Waals surface area contributed by atoms with Crippen LogP contribution in [0.1, 0.15) is 17.5 Å². The molecule has 0 spiro atoms. The van der Waals surface area contributed by atoms with Gasteiger partial charge in [-0.2, -0.15) is 0 Å². The highest BCUT2D eigenvalue weighted by Gasteiger charge is 2.26. The Hall–Kier alpha value is -3.61. The van der Waals surface area contributed by atoms with E-state index in [1.807, 2.05) is 44.2 Å². The van der Waals surface area contributed by atoms with E-state index in [4.69, 9.17) is 4.74 Å². The number of nitrogens with zero attached hydrogens (tertiary/aromatic N) is 1. The van der Waals surface area contributed by atoms with Crippen LogP contribution in [0.25, 0.3) is 0 Å². The van der Waals surface area contributed by atoms with E-state index >= 15 is 0 Å². The third-order valence-corrected chi connectivity index (χ3v) is 4.68. The molecule has 0 atom stereocenters. The van der Waals surface area contributed by atoms with Crippen LogP contribution in [0.3, 0.4) is 0 Å². The lowest BCUT2D eigenvalue weighted by atomic mass is 10.1. The zero-order valence-corrected chi connectivity index (χ0v) is 16.6. The molecule has 0 saturated heterocycles. The van der Waals surface area contributed by atoms with E-state index in [1.165, 1.54) is 18.1 Å². The molecule has 0 fully saturated rings. The summed E-state index contributed by atoms with van der Waals surface area (Å²) in [6.07, 6.45) is 1.26. The fourth-order valence-corrected chi connectivity index (χ4v) is 3.03. The van der Waals surface area contributed by atoms with Crippen LogP contribution in [0.4, 0.5) is 17.1 Å². The van der Waals surface area contributed by atoms with Crippen molar-refractivity contribution in [2.45, 2.75) is 20.3 Å². The molecule has 7 nitrogen and oxygen atoms in total. The van der Waals surface area contributed by atoms with E-state index < -0.39 is 5.97 Å². The molecule has 2 amide bonds. The average Bonchev–Trinajstić information content (AvgIpc) is 2.80. The number of carbonyl (C=O) groups is 3. The van der Waals surface area contributed by atoms with E-state index in [2.05, 4.69) is 10.6 Å². The quantitative estimate of drug-likeness (QED) is 0.762. The maximum atomic E-state index is 12.9. The number of fused-ring (bicyclic) bond motifs is 1. The molecule has 0 saturated carbocycles. The number of benzene rings is 2. The molecule has 2 aromatic rings. The summed E-state index contributed by atoms with van der Waals surface area (Å²) < 4.78 is 4.71. The number of carbonyl (C=O) groups excluding carboxylic acids is 3. The van der Waals surface area contributed by atoms with Gasteiger partial charge in [-0.05, 0) is 49.2 Å². The Morgan fingerprint density at radius 3 is 2.48 bits per heavy atom. The molecular weight excluding hydrogens is 370 g/mol. The summed E-state index contributed by atoms with van der Waals surface area (Å²) in [6.45, 7) is 3.74. The van der Waals surface area contributed by atoms with Crippen molar-refractivity contribution in [3.8, 4) is 0 Å². The molecule has 150 valence electrons. The van der Waals surface area contributed by atoms with E-state index in [-0.39, 0.29) is 24.8 Å². The van der Waals surface area contributed by atoms with Gasteiger partial charge in [0, 0.05) is 17.5 Å². The van der Waals surface area contributed by atoms with Gasteiger partial charge >= 0.3 is 5.97 Å². The molecule has 0 unspecified atom stereocenters. The standard InChI is InChI=1S/C22H23N3O4/c1-14-9-18-19(10-15(14)2)25(13-20(26)24-16-7-5-4-6-8-16)21(27)11-17(23-18)12-22(28)29-3/h4-11,23H,12-13H2,1-3H3,(H,24,26). The molecule has 1 aliphatic heterocycles. The first kappa shape index (κ1) is 20.1. The number of aryl methyl sites for hydroxylation is 2. The van der Waals surface area contributed by atoms with Crippen molar-refractivity contribution in [2.75, 3.05) is 29.2 Å². The van der Waals surface area contributed by atoms with Crippen molar-refractivity contribution in [2.24, 2.45) is 0 Å². The molecule has 0 aliphatic carbocycles. The molecule has 2 aromatic carbocycles. The largest absolute Gasteiger partial charge is 0.469 e. The monoisotopic (exact) mass is 393 g/mol. The summed E-state index contributed by atoms with van der Waals surface area (Å²) in [5, 5.41) is 5.93. The number of esters is 1. The number of rotatable bonds is 5. The highest BCUT2D eigenvalue weighted by molar-refractivity contribution is 6.10. The Kier molecular flexibility index (Phi) is 5.97. The van der Waals surface area contributed by atoms with Gasteiger partial charge in [-0.15, -0.1) is 0 Å². The Morgan fingerprint density at radius 2 is 1.79 bits per heavy atom. The summed E-state index contributed by atoms with van der Waals surface area (Å²) in [4.78, 5) is 38.6. The number of amides is 2. The predicted molar refractivity (Wildman–Crippen MR) is 112 cm³/mol. The fourth-order valence-electron chi connectivity index (χ4n) is 3.03. The highest BCUT2D eigenvalue weighted by atomic mass is 16.5. The van der Waals surface area contributed by atoms with Crippen molar-refractivity contribution < 1.29 is 19.1 Å². The Morgan fingerprint density at radius 1 is 1.10 bits per heavy atom. The summed E-state index contributed by atoms with van der Waals surface area (Å²) >= 11 is 0. The number of hydrogen-bond acceptors (Lipinski definition) is 5. The van der Waals surface area contributed by atoms with Gasteiger partial charge in [0.2, 0.25) is 5.91 Å². The Balaban J connectivity index is 1.92. The van der Waals surface area contributed by atoms with Gasteiger partial charge in [0.05, 0.1) is 24.9 Å². The van der Waals surface area contributed by atoms with Gasteiger partial charge in [0.15, 0.2) is 0 Å². The van der Waals surface area contributed by atoms with Gasteiger partial charge in [-0.25, -0.2) is 0 Å². The minimum atomic E-state index is -0.461. The van der Waals surface area contributed by atoms with Crippen LogP contribution in [0, 0.1) is 13.8 Å². The molecule has 0 radical (unpaired) electrons. The van der Waals surface area contributed by atoms with E-state index in [9.17, 15) is 14.4 Å². The lowest BCUT2D eigenvalue weighted by Crippen LogP contribution is -2.37. The van der Waals surface area contributed by atoms with Crippen molar-refractivity contribution in [1.82, 2.24) is 0 Å². The first-order valence-electron chi connectivity index (χ1n) is 9.19. The summed E-state index contributed by atoms with van der Waals surface area (Å²) in [7, 11) is 1.29. The molecule has 1 aliphatic rings. The van der Waals surface area contributed by atoms with E-state index in [0.29, 0.717) is 22.8 Å². The van der Waals surface area contributed by atoms with Gasteiger partial charge in [0.1, 0.15) is 6.54 Å². The van der Waals surface area contributed by atoms with Crippen LogP contribution >= 0.6 is 0 Å². The van der Waals surface area contributed by atoms with Crippen molar-refractivity contribution >= 4 is 34.8 Å². The SMILES string of the molecule is COC(=O)CC1=CC(=O)N(CC(=O)Nc2ccccc2)c2cc(C)c(C)cc2N1. The third kappa shape index (κ3) is 4.82. The van der Waals surface area contributed by atoms with Crippen LogP contribution in [0.15, 0.2) is 54.2 Å². The molecule has 2 N–H and O–H groups in total. The summed E-state index contributed by atoms with van der Waals surface area (Å²) in [6, 6.07) is 12.8. The van der Waals surface area contributed by atoms with Crippen LogP contribution in [0.2, 0.25) is 0 Å². The first-order chi connectivity index (χ1) is 13.9. The molecule has 29 heavy (non-hydrogen) atoms. The minimum absolute atomic E-state index is 0.0708. The Labute approximate surface area is 169 Å². The van der Waals surface area contributed by atoms with Crippen LogP contribution in [0.5, 0.6) is 0 Å². The van der Waals surface area contributed by atoms with E-state index in [0.717, 1.165) is 11.1 Å². The van der Waals surface area contributed by atoms with Gasteiger partial charge in [0.25, 0.3) is 5.91 Å². The van der Waals surface area contributed by atoms with Crippen molar-refractivity contribution in [1.29, 1.82) is 0 Å². The molecule has 0 bridgehead atoms. The topological polar surface area (TPSA) is 87.7 Å². The normalized spacial score (nSPS) is 13.0. The zero-order valence-electron chi connectivity index (χ0n) is 16.6. The lowest BCUT2D eigenvalue weighted by molar-refractivity contribution is -0.139. The smallest absolute Gasteiger partial charge is 0.311 e. The molecule has 1 heterocycles. The van der Waals surface area contributed by atoms with Crippen LogP contribution in [-0.2, 0) is 19.1 Å². The molecule has 3 rings (SSSR count). The second-order valence-corrected chi connectivity index (χ2v) is 6.84. The Bertz CT molecular complexity index is 983. The minimum Gasteiger partial charge on any atom is -0.469 e. The number of ether oxygens (including phenoxy) is 1. The van der Waals surface area contributed by atoms with Gasteiger partial charge in [-0.1, -0.05) is 18.2 Å². The second-order valence-electron chi connectivity index (χ2n) is 6.84. The highest BCUT2D eigenvalue weighted by Crippen LogP contribution is 2.33. The summed E-state index contributed by atoms with van der Waals surface area (Å²) in [5.41, 5.74) is 4.32. The number of nitrogens with one attached hydrogen (secondary N) is 2. The molecule has 0 aromatic heterocycles. The van der Waals surface area contributed by atoms with Crippen LogP contribution < -0.4 is 15.5 Å².